The van der Waals surface area contributed by atoms with Crippen molar-refractivity contribution in [3.8, 4) is 17.0 Å². The number of methoxy groups -OCH3 is 1. The summed E-state index contributed by atoms with van der Waals surface area (Å²) < 4.78 is 7.74. The number of hydrogen-bond donors (Lipinski definition) is 0. The third-order valence-corrected chi connectivity index (χ3v) is 4.54. The SMILES string of the molecule is COc1c(-c2cn3cc(C)sc3n2)ccc2ccccc12. The highest BCUT2D eigenvalue weighted by Crippen LogP contribution is 2.36. The maximum Gasteiger partial charge on any atom is 0.194 e. The first-order chi connectivity index (χ1) is 10.3. The Morgan fingerprint density at radius 1 is 1.10 bits per heavy atom. The molecule has 0 aliphatic rings. The Kier molecular flexibility index (Phi) is 2.72. The van der Waals surface area contributed by atoms with Crippen LogP contribution in [0.3, 0.4) is 0 Å². The maximum atomic E-state index is 5.66. The largest absolute Gasteiger partial charge is 0.495 e. The van der Waals surface area contributed by atoms with Crippen molar-refractivity contribution < 1.29 is 4.74 Å². The van der Waals surface area contributed by atoms with Crippen molar-refractivity contribution in [2.75, 3.05) is 7.11 Å². The summed E-state index contributed by atoms with van der Waals surface area (Å²) in [6.45, 7) is 2.09. The Balaban J connectivity index is 1.98. The molecule has 0 N–H and O–H groups in total. The molecule has 0 atom stereocenters. The number of thiazole rings is 1. The van der Waals surface area contributed by atoms with E-state index in [9.17, 15) is 0 Å². The van der Waals surface area contributed by atoms with E-state index in [0.29, 0.717) is 0 Å². The minimum atomic E-state index is 0.885. The predicted molar refractivity (Wildman–Crippen MR) is 87.3 cm³/mol. The molecule has 0 amide bonds. The van der Waals surface area contributed by atoms with Gasteiger partial charge in [-0.3, -0.25) is 4.40 Å². The molecule has 4 rings (SSSR count). The van der Waals surface area contributed by atoms with E-state index < -0.39 is 0 Å². The van der Waals surface area contributed by atoms with Crippen LogP contribution in [0.4, 0.5) is 0 Å². The fourth-order valence-corrected chi connectivity index (χ4v) is 3.51. The number of aryl methyl sites for hydroxylation is 1. The number of benzene rings is 2. The van der Waals surface area contributed by atoms with E-state index >= 15 is 0 Å². The maximum absolute atomic E-state index is 5.66. The quantitative estimate of drug-likeness (QED) is 0.543. The zero-order valence-electron chi connectivity index (χ0n) is 11.8. The van der Waals surface area contributed by atoms with Crippen molar-refractivity contribution in [3.63, 3.8) is 0 Å². The number of nitrogens with zero attached hydrogens (tertiary/aromatic N) is 2. The second kappa shape index (κ2) is 4.60. The van der Waals surface area contributed by atoms with Gasteiger partial charge in [-0.2, -0.15) is 0 Å². The first-order valence-electron chi connectivity index (χ1n) is 6.77. The van der Waals surface area contributed by atoms with Crippen molar-refractivity contribution in [2.24, 2.45) is 0 Å². The van der Waals surface area contributed by atoms with Crippen molar-refractivity contribution in [3.05, 3.63) is 53.7 Å². The lowest BCUT2D eigenvalue weighted by atomic mass is 10.0. The number of hydrogen-bond acceptors (Lipinski definition) is 3. The van der Waals surface area contributed by atoms with E-state index in [1.54, 1.807) is 18.4 Å². The molecule has 2 heterocycles. The summed E-state index contributed by atoms with van der Waals surface area (Å²) in [7, 11) is 1.72. The van der Waals surface area contributed by atoms with Crippen molar-refractivity contribution in [1.29, 1.82) is 0 Å². The molecule has 0 aliphatic carbocycles. The normalized spacial score (nSPS) is 11.3. The van der Waals surface area contributed by atoms with E-state index in [4.69, 9.17) is 9.72 Å². The van der Waals surface area contributed by atoms with Gasteiger partial charge in [-0.15, -0.1) is 11.3 Å². The molecular formula is C17H14N2OS. The summed E-state index contributed by atoms with van der Waals surface area (Å²) in [4.78, 5) is 6.99. The Morgan fingerprint density at radius 2 is 1.95 bits per heavy atom. The topological polar surface area (TPSA) is 26.5 Å². The second-order valence-corrected chi connectivity index (χ2v) is 6.24. The molecule has 0 aliphatic heterocycles. The van der Waals surface area contributed by atoms with Gasteiger partial charge in [-0.05, 0) is 18.4 Å². The van der Waals surface area contributed by atoms with Gasteiger partial charge in [0.25, 0.3) is 0 Å². The highest BCUT2D eigenvalue weighted by molar-refractivity contribution is 7.17. The molecule has 0 unspecified atom stereocenters. The van der Waals surface area contributed by atoms with Crippen molar-refractivity contribution in [2.45, 2.75) is 6.92 Å². The molecule has 0 bridgehead atoms. The Bertz CT molecular complexity index is 920. The molecule has 0 radical (unpaired) electrons. The molecule has 21 heavy (non-hydrogen) atoms. The van der Waals surface area contributed by atoms with Gasteiger partial charge in [-0.1, -0.05) is 30.3 Å². The van der Waals surface area contributed by atoms with Gasteiger partial charge in [0.15, 0.2) is 4.96 Å². The first kappa shape index (κ1) is 12.4. The van der Waals surface area contributed by atoms with Crippen LogP contribution in [-0.2, 0) is 0 Å². The summed E-state index contributed by atoms with van der Waals surface area (Å²) in [5, 5.41) is 2.29. The zero-order valence-corrected chi connectivity index (χ0v) is 12.6. The van der Waals surface area contributed by atoms with Crippen LogP contribution >= 0.6 is 11.3 Å². The minimum absolute atomic E-state index is 0.885. The van der Waals surface area contributed by atoms with Gasteiger partial charge >= 0.3 is 0 Å². The standard InChI is InChI=1S/C17H14N2OS/c1-11-9-19-10-15(18-17(19)21-11)14-8-7-12-5-3-4-6-13(12)16(14)20-2/h3-10H,1-2H3. The third-order valence-electron chi connectivity index (χ3n) is 3.63. The van der Waals surface area contributed by atoms with Crippen LogP contribution in [0, 0.1) is 6.92 Å². The third kappa shape index (κ3) is 1.91. The van der Waals surface area contributed by atoms with E-state index in [-0.39, 0.29) is 0 Å². The van der Waals surface area contributed by atoms with Gasteiger partial charge in [0.2, 0.25) is 0 Å². The number of aromatic nitrogens is 2. The van der Waals surface area contributed by atoms with Crippen LogP contribution < -0.4 is 4.74 Å². The van der Waals surface area contributed by atoms with Crippen molar-refractivity contribution in [1.82, 2.24) is 9.38 Å². The smallest absolute Gasteiger partial charge is 0.194 e. The summed E-state index contributed by atoms with van der Waals surface area (Å²) in [5.41, 5.74) is 1.98. The molecule has 2 aromatic carbocycles. The molecule has 2 aromatic heterocycles. The Labute approximate surface area is 126 Å². The van der Waals surface area contributed by atoms with Crippen LogP contribution in [0.1, 0.15) is 4.88 Å². The van der Waals surface area contributed by atoms with E-state index in [2.05, 4.69) is 48.0 Å². The second-order valence-electron chi connectivity index (χ2n) is 5.03. The predicted octanol–water partition coefficient (Wildman–Crippen LogP) is 4.53. The molecule has 104 valence electrons. The lowest BCUT2D eigenvalue weighted by Crippen LogP contribution is -1.90. The highest BCUT2D eigenvalue weighted by Gasteiger charge is 2.13. The summed E-state index contributed by atoms with van der Waals surface area (Å²) in [6, 6.07) is 12.4. The van der Waals surface area contributed by atoms with Gasteiger partial charge < -0.3 is 4.74 Å². The van der Waals surface area contributed by atoms with Crippen LogP contribution in [0.25, 0.3) is 27.0 Å². The molecule has 4 aromatic rings. The lowest BCUT2D eigenvalue weighted by Gasteiger charge is -2.10. The Hall–Kier alpha value is -2.33. The van der Waals surface area contributed by atoms with Crippen LogP contribution in [-0.4, -0.2) is 16.5 Å². The highest BCUT2D eigenvalue weighted by atomic mass is 32.1. The van der Waals surface area contributed by atoms with Gasteiger partial charge in [0.1, 0.15) is 5.75 Å². The zero-order chi connectivity index (χ0) is 14.4. The summed E-state index contributed by atoms with van der Waals surface area (Å²) >= 11 is 1.70. The Morgan fingerprint density at radius 3 is 2.76 bits per heavy atom. The number of fused-ring (bicyclic) bond motifs is 2. The monoisotopic (exact) mass is 294 g/mol. The molecule has 0 saturated carbocycles. The van der Waals surface area contributed by atoms with E-state index in [1.807, 2.05) is 12.1 Å². The molecule has 0 fully saturated rings. The van der Waals surface area contributed by atoms with Crippen LogP contribution in [0.5, 0.6) is 5.75 Å². The fraction of sp³-hybridized carbons (Fsp3) is 0.118. The van der Waals surface area contributed by atoms with Crippen LogP contribution in [0.15, 0.2) is 48.8 Å². The summed E-state index contributed by atoms with van der Waals surface area (Å²) in [6.07, 6.45) is 4.16. The molecule has 0 saturated heterocycles. The molecule has 3 nitrogen and oxygen atoms in total. The van der Waals surface area contributed by atoms with Crippen molar-refractivity contribution >= 4 is 27.1 Å². The minimum Gasteiger partial charge on any atom is -0.495 e. The number of imidazole rings is 1. The van der Waals surface area contributed by atoms with Gasteiger partial charge in [0, 0.05) is 28.2 Å². The van der Waals surface area contributed by atoms with Gasteiger partial charge in [-0.25, -0.2) is 4.98 Å². The van der Waals surface area contributed by atoms with Crippen LogP contribution in [0.2, 0.25) is 0 Å². The summed E-state index contributed by atoms with van der Waals surface area (Å²) in [5.74, 6) is 0.885. The average Bonchev–Trinajstić information content (AvgIpc) is 3.03. The first-order valence-corrected chi connectivity index (χ1v) is 7.59. The molecule has 4 heteroatoms. The number of ether oxygens (including phenoxy) is 1. The van der Waals surface area contributed by atoms with E-state index in [0.717, 1.165) is 27.4 Å². The number of rotatable bonds is 2. The average molecular weight is 294 g/mol. The molecular weight excluding hydrogens is 280 g/mol. The van der Waals surface area contributed by atoms with Gasteiger partial charge in [0.05, 0.1) is 12.8 Å². The molecule has 0 spiro atoms. The fourth-order valence-electron chi connectivity index (χ4n) is 2.71. The van der Waals surface area contributed by atoms with E-state index in [1.165, 1.54) is 10.3 Å². The lowest BCUT2D eigenvalue weighted by molar-refractivity contribution is 0.421.